The van der Waals surface area contributed by atoms with Crippen molar-refractivity contribution < 1.29 is 9.59 Å². The molecule has 1 unspecified atom stereocenters. The molecule has 0 bridgehead atoms. The number of carbonyl (C=O) groups excluding carboxylic acids is 2. The number of aliphatic imine (C=N–C) groups is 1. The lowest BCUT2D eigenvalue weighted by atomic mass is 9.96. The number of nitrogens with zero attached hydrogens (tertiary/aromatic N) is 3. The van der Waals surface area contributed by atoms with E-state index >= 15 is 0 Å². The molecule has 0 saturated carbocycles. The molecular weight excluding hydrogens is 418 g/mol. The minimum Gasteiger partial charge on any atom is -0.325 e. The topological polar surface area (TPSA) is 128 Å². The first-order chi connectivity index (χ1) is 16.0. The number of benzene rings is 2. The lowest BCUT2D eigenvalue weighted by molar-refractivity contribution is -0.115. The van der Waals surface area contributed by atoms with Crippen LogP contribution in [0.2, 0.25) is 0 Å². The summed E-state index contributed by atoms with van der Waals surface area (Å²) in [5.74, 6) is -0.233. The van der Waals surface area contributed by atoms with E-state index in [1.54, 1.807) is 12.4 Å². The van der Waals surface area contributed by atoms with Crippen LogP contribution in [0.4, 0.5) is 17.2 Å². The van der Waals surface area contributed by atoms with Crippen molar-refractivity contribution in [3.63, 3.8) is 0 Å². The van der Waals surface area contributed by atoms with Crippen LogP contribution >= 0.6 is 0 Å². The molecule has 2 aromatic carbocycles. The Morgan fingerprint density at radius 1 is 1.15 bits per heavy atom. The first kappa shape index (κ1) is 20.4. The third-order valence-electron chi connectivity index (χ3n) is 5.42. The molecule has 2 aromatic heterocycles. The number of fused-ring (bicyclic) bond motifs is 1. The van der Waals surface area contributed by atoms with Crippen molar-refractivity contribution in [3.05, 3.63) is 88.9 Å². The van der Waals surface area contributed by atoms with Crippen molar-refractivity contribution in [3.8, 4) is 0 Å². The monoisotopic (exact) mass is 439 g/mol. The van der Waals surface area contributed by atoms with Crippen molar-refractivity contribution in [1.29, 1.82) is 0 Å². The Balaban J connectivity index is 1.29. The number of aryl methyl sites for hydroxylation is 1. The Bertz CT molecular complexity index is 1340. The molecule has 33 heavy (non-hydrogen) atoms. The molecule has 3 heterocycles. The van der Waals surface area contributed by atoms with E-state index in [1.807, 2.05) is 55.5 Å². The Labute approximate surface area is 189 Å². The number of carbonyl (C=O) groups is 2. The highest BCUT2D eigenvalue weighted by Crippen LogP contribution is 2.33. The van der Waals surface area contributed by atoms with Crippen molar-refractivity contribution in [1.82, 2.24) is 20.4 Å². The predicted octanol–water partition coefficient (Wildman–Crippen LogP) is 3.72. The van der Waals surface area contributed by atoms with Crippen LogP contribution in [0.25, 0.3) is 0 Å². The summed E-state index contributed by atoms with van der Waals surface area (Å²) in [6.07, 6.45) is 5.36. The molecule has 0 fully saturated rings. The minimum atomic E-state index is -0.461. The zero-order valence-electron chi connectivity index (χ0n) is 17.8. The second-order valence-corrected chi connectivity index (χ2v) is 7.89. The summed E-state index contributed by atoms with van der Waals surface area (Å²) in [6, 6.07) is 15.5. The Morgan fingerprint density at radius 2 is 1.97 bits per heavy atom. The number of hydrogen-bond acceptors (Lipinski definition) is 5. The van der Waals surface area contributed by atoms with E-state index in [1.165, 1.54) is 6.20 Å². The SMILES string of the molecule is Cc1cc(N=CC2C(=O)Nc3ccc(Cc4ccc(NC(=O)c5cn[nH]c5)cc4)cc32)n[nH]1. The number of aromatic nitrogens is 4. The van der Waals surface area contributed by atoms with Gasteiger partial charge in [-0.05, 0) is 48.2 Å². The Hall–Kier alpha value is -4.53. The van der Waals surface area contributed by atoms with Gasteiger partial charge in [-0.25, -0.2) is 4.99 Å². The van der Waals surface area contributed by atoms with Gasteiger partial charge in [-0.15, -0.1) is 0 Å². The van der Waals surface area contributed by atoms with Crippen LogP contribution in [-0.4, -0.2) is 38.4 Å². The first-order valence-electron chi connectivity index (χ1n) is 10.4. The smallest absolute Gasteiger partial charge is 0.258 e. The van der Waals surface area contributed by atoms with Gasteiger partial charge in [0.25, 0.3) is 5.91 Å². The van der Waals surface area contributed by atoms with Crippen molar-refractivity contribution in [2.75, 3.05) is 10.6 Å². The van der Waals surface area contributed by atoms with Gasteiger partial charge in [0.1, 0.15) is 5.92 Å². The molecule has 2 amide bonds. The molecule has 9 heteroatoms. The average Bonchev–Trinajstić information content (AvgIpc) is 3.54. The van der Waals surface area contributed by atoms with Gasteiger partial charge in [0.15, 0.2) is 5.82 Å². The number of anilines is 2. The van der Waals surface area contributed by atoms with E-state index in [0.29, 0.717) is 23.5 Å². The second-order valence-electron chi connectivity index (χ2n) is 7.89. The molecule has 4 aromatic rings. The number of hydrogen-bond donors (Lipinski definition) is 4. The molecule has 4 N–H and O–H groups in total. The second kappa shape index (κ2) is 8.54. The highest BCUT2D eigenvalue weighted by Gasteiger charge is 2.29. The third-order valence-corrected chi connectivity index (χ3v) is 5.42. The molecule has 0 spiro atoms. The van der Waals surface area contributed by atoms with Crippen LogP contribution in [0.5, 0.6) is 0 Å². The Kier molecular flexibility index (Phi) is 5.27. The molecule has 1 aliphatic rings. The quantitative estimate of drug-likeness (QED) is 0.341. The number of rotatable bonds is 6. The fourth-order valence-electron chi connectivity index (χ4n) is 3.73. The van der Waals surface area contributed by atoms with Gasteiger partial charge in [-0.2, -0.15) is 10.2 Å². The van der Waals surface area contributed by atoms with Crippen molar-refractivity contribution >= 4 is 35.2 Å². The summed E-state index contributed by atoms with van der Waals surface area (Å²) in [4.78, 5) is 29.0. The summed E-state index contributed by atoms with van der Waals surface area (Å²) in [7, 11) is 0. The molecule has 0 aliphatic carbocycles. The van der Waals surface area contributed by atoms with E-state index in [9.17, 15) is 9.59 Å². The summed E-state index contributed by atoms with van der Waals surface area (Å²) in [5.41, 5.74) is 5.96. The molecule has 0 saturated heterocycles. The molecule has 164 valence electrons. The number of H-pyrrole nitrogens is 2. The van der Waals surface area contributed by atoms with Crippen LogP contribution in [0, 0.1) is 6.92 Å². The van der Waals surface area contributed by atoms with E-state index < -0.39 is 5.92 Å². The van der Waals surface area contributed by atoms with Gasteiger partial charge >= 0.3 is 0 Å². The molecular formula is C24H21N7O2. The van der Waals surface area contributed by atoms with Crippen LogP contribution in [0.3, 0.4) is 0 Å². The van der Waals surface area contributed by atoms with Gasteiger partial charge in [0, 0.05) is 35.5 Å². The predicted molar refractivity (Wildman–Crippen MR) is 125 cm³/mol. The maximum absolute atomic E-state index is 12.5. The van der Waals surface area contributed by atoms with E-state index in [4.69, 9.17) is 0 Å². The normalized spacial score (nSPS) is 14.9. The number of nitrogens with one attached hydrogen (secondary N) is 4. The van der Waals surface area contributed by atoms with Crippen LogP contribution in [-0.2, 0) is 11.2 Å². The standard InChI is InChI=1S/C24H21N7O2/c1-14-8-22(31-30-14)25-13-20-19-10-16(4-7-21(19)29-24(20)33)9-15-2-5-18(6-3-15)28-23(32)17-11-26-27-12-17/h2-8,10-13,20H,9H2,1H3,(H,26,27)(H,28,32)(H,29,33)(H,30,31). The zero-order chi connectivity index (χ0) is 22.8. The molecule has 9 nitrogen and oxygen atoms in total. The fourth-order valence-corrected chi connectivity index (χ4v) is 3.73. The maximum atomic E-state index is 12.5. The first-order valence-corrected chi connectivity index (χ1v) is 10.4. The van der Waals surface area contributed by atoms with E-state index in [2.05, 4.69) is 36.0 Å². The molecule has 1 aliphatic heterocycles. The van der Waals surface area contributed by atoms with Gasteiger partial charge < -0.3 is 10.6 Å². The minimum absolute atomic E-state index is 0.101. The van der Waals surface area contributed by atoms with E-state index in [0.717, 1.165) is 28.1 Å². The third kappa shape index (κ3) is 4.42. The highest BCUT2D eigenvalue weighted by atomic mass is 16.2. The summed E-state index contributed by atoms with van der Waals surface area (Å²) in [6.45, 7) is 1.90. The van der Waals surface area contributed by atoms with Gasteiger partial charge in [-0.3, -0.25) is 19.8 Å². The van der Waals surface area contributed by atoms with Crippen molar-refractivity contribution in [2.24, 2.45) is 4.99 Å². The van der Waals surface area contributed by atoms with Crippen molar-refractivity contribution in [2.45, 2.75) is 19.3 Å². The summed E-state index contributed by atoms with van der Waals surface area (Å²) in [5, 5.41) is 19.1. The van der Waals surface area contributed by atoms with Crippen LogP contribution in [0.1, 0.15) is 38.7 Å². The average molecular weight is 439 g/mol. The lowest BCUT2D eigenvalue weighted by Gasteiger charge is -2.08. The molecule has 0 radical (unpaired) electrons. The van der Waals surface area contributed by atoms with Gasteiger partial charge in [0.2, 0.25) is 5.91 Å². The zero-order valence-corrected chi connectivity index (χ0v) is 17.8. The fraction of sp³-hybridized carbons (Fsp3) is 0.125. The van der Waals surface area contributed by atoms with Crippen LogP contribution < -0.4 is 10.6 Å². The molecule has 5 rings (SSSR count). The summed E-state index contributed by atoms with van der Waals surface area (Å²) >= 11 is 0. The Morgan fingerprint density at radius 3 is 2.70 bits per heavy atom. The maximum Gasteiger partial charge on any atom is 0.258 e. The highest BCUT2D eigenvalue weighted by molar-refractivity contribution is 6.12. The summed E-state index contributed by atoms with van der Waals surface area (Å²) < 4.78 is 0. The van der Waals surface area contributed by atoms with E-state index in [-0.39, 0.29) is 11.8 Å². The largest absolute Gasteiger partial charge is 0.325 e. The molecule has 1 atom stereocenters. The number of aromatic amines is 2. The van der Waals surface area contributed by atoms with Crippen LogP contribution in [0.15, 0.2) is 65.9 Å². The number of amides is 2. The van der Waals surface area contributed by atoms with Gasteiger partial charge in [0.05, 0.1) is 11.8 Å². The lowest BCUT2D eigenvalue weighted by Crippen LogP contribution is -2.12. The van der Waals surface area contributed by atoms with Gasteiger partial charge in [-0.1, -0.05) is 24.3 Å².